The number of nitrogens with zero attached hydrogens (tertiary/aromatic N) is 1. The minimum absolute atomic E-state index is 0.907. The van der Waals surface area contributed by atoms with Gasteiger partial charge in [0.05, 0.1) is 0 Å². The Morgan fingerprint density at radius 1 is 1.42 bits per heavy atom. The van der Waals surface area contributed by atoms with E-state index in [0.29, 0.717) is 0 Å². The maximum Gasteiger partial charge on any atom is 0.00981 e. The van der Waals surface area contributed by atoms with Gasteiger partial charge in [-0.05, 0) is 38.3 Å². The molecule has 1 fully saturated rings. The molecule has 0 aromatic heterocycles. The van der Waals surface area contributed by atoms with Crippen LogP contribution in [-0.4, -0.2) is 24.0 Å². The van der Waals surface area contributed by atoms with Gasteiger partial charge in [-0.25, -0.2) is 0 Å². The van der Waals surface area contributed by atoms with Gasteiger partial charge in [-0.15, -0.1) is 0 Å². The van der Waals surface area contributed by atoms with Crippen LogP contribution in [0, 0.1) is 5.92 Å². The Kier molecular flexibility index (Phi) is 4.07. The molecule has 0 N–H and O–H groups in total. The first-order valence-corrected chi connectivity index (χ1v) is 5.52. The lowest BCUT2D eigenvalue weighted by Crippen LogP contribution is -2.30. The Balaban J connectivity index is 2.30. The second kappa shape index (κ2) is 4.86. The van der Waals surface area contributed by atoms with Gasteiger partial charge in [0.2, 0.25) is 0 Å². The van der Waals surface area contributed by atoms with E-state index in [4.69, 9.17) is 0 Å². The summed E-state index contributed by atoms with van der Waals surface area (Å²) in [5.41, 5.74) is 0. The van der Waals surface area contributed by atoms with Gasteiger partial charge in [0.25, 0.3) is 0 Å². The molecule has 0 aromatic rings. The van der Waals surface area contributed by atoms with Gasteiger partial charge in [-0.1, -0.05) is 27.2 Å². The Bertz CT molecular complexity index is 122. The topological polar surface area (TPSA) is 3.24 Å². The molecule has 0 spiro atoms. The molecule has 2 atom stereocenters. The van der Waals surface area contributed by atoms with Gasteiger partial charge < -0.3 is 4.90 Å². The standard InChI is InChI=1S/C11H23N/c1-4-10(3)9-11-7-6-8-12(11)5-2/h10-11H,4-9H2,1-3H3. The maximum atomic E-state index is 2.64. The number of likely N-dealkylation sites (tertiary alicyclic amines) is 1. The molecule has 12 heavy (non-hydrogen) atoms. The lowest BCUT2D eigenvalue weighted by molar-refractivity contribution is 0.231. The summed E-state index contributed by atoms with van der Waals surface area (Å²) in [4.78, 5) is 2.64. The first-order chi connectivity index (χ1) is 5.77. The summed E-state index contributed by atoms with van der Waals surface area (Å²) in [6.07, 6.45) is 5.63. The summed E-state index contributed by atoms with van der Waals surface area (Å²) in [5, 5.41) is 0. The summed E-state index contributed by atoms with van der Waals surface area (Å²) in [6.45, 7) is 9.57. The Hall–Kier alpha value is -0.0400. The van der Waals surface area contributed by atoms with Crippen molar-refractivity contribution in [2.45, 2.75) is 52.5 Å². The summed E-state index contributed by atoms with van der Waals surface area (Å²) < 4.78 is 0. The van der Waals surface area contributed by atoms with Crippen molar-refractivity contribution in [2.75, 3.05) is 13.1 Å². The molecule has 1 saturated heterocycles. The predicted octanol–water partition coefficient (Wildman–Crippen LogP) is 2.91. The lowest BCUT2D eigenvalue weighted by Gasteiger charge is -2.24. The molecule has 0 aliphatic carbocycles. The lowest BCUT2D eigenvalue weighted by atomic mass is 9.98. The van der Waals surface area contributed by atoms with E-state index in [2.05, 4.69) is 25.7 Å². The molecule has 0 radical (unpaired) electrons. The highest BCUT2D eigenvalue weighted by molar-refractivity contribution is 4.79. The highest BCUT2D eigenvalue weighted by Crippen LogP contribution is 2.23. The van der Waals surface area contributed by atoms with E-state index < -0.39 is 0 Å². The van der Waals surface area contributed by atoms with Crippen molar-refractivity contribution in [3.8, 4) is 0 Å². The van der Waals surface area contributed by atoms with Crippen molar-refractivity contribution in [3.05, 3.63) is 0 Å². The van der Waals surface area contributed by atoms with Crippen LogP contribution in [0.2, 0.25) is 0 Å². The average molecular weight is 169 g/mol. The molecular formula is C11H23N. The van der Waals surface area contributed by atoms with Crippen LogP contribution in [0.4, 0.5) is 0 Å². The van der Waals surface area contributed by atoms with E-state index in [1.54, 1.807) is 0 Å². The molecule has 2 unspecified atom stereocenters. The number of hydrogen-bond acceptors (Lipinski definition) is 1. The SMILES string of the molecule is CCC(C)CC1CCCN1CC. The highest BCUT2D eigenvalue weighted by atomic mass is 15.2. The minimum Gasteiger partial charge on any atom is -0.301 e. The van der Waals surface area contributed by atoms with Crippen LogP contribution in [0.15, 0.2) is 0 Å². The van der Waals surface area contributed by atoms with Crippen molar-refractivity contribution in [1.29, 1.82) is 0 Å². The Morgan fingerprint density at radius 3 is 2.75 bits per heavy atom. The summed E-state index contributed by atoms with van der Waals surface area (Å²) in [6, 6.07) is 0.907. The van der Waals surface area contributed by atoms with Crippen LogP contribution >= 0.6 is 0 Å². The third-order valence-corrected chi connectivity index (χ3v) is 3.28. The molecule has 0 saturated carbocycles. The van der Waals surface area contributed by atoms with E-state index >= 15 is 0 Å². The second-order valence-electron chi connectivity index (χ2n) is 4.17. The van der Waals surface area contributed by atoms with Gasteiger partial charge in [0, 0.05) is 6.04 Å². The van der Waals surface area contributed by atoms with E-state index in [-0.39, 0.29) is 0 Å². The van der Waals surface area contributed by atoms with Crippen molar-refractivity contribution in [3.63, 3.8) is 0 Å². The third-order valence-electron chi connectivity index (χ3n) is 3.28. The summed E-state index contributed by atoms with van der Waals surface area (Å²) >= 11 is 0. The van der Waals surface area contributed by atoms with Gasteiger partial charge >= 0.3 is 0 Å². The zero-order valence-corrected chi connectivity index (χ0v) is 8.84. The summed E-state index contributed by atoms with van der Waals surface area (Å²) in [7, 11) is 0. The number of hydrogen-bond donors (Lipinski definition) is 0. The fourth-order valence-electron chi connectivity index (χ4n) is 2.21. The van der Waals surface area contributed by atoms with Crippen molar-refractivity contribution in [2.24, 2.45) is 5.92 Å². The first kappa shape index (κ1) is 10.0. The van der Waals surface area contributed by atoms with Crippen LogP contribution in [0.3, 0.4) is 0 Å². The minimum atomic E-state index is 0.907. The first-order valence-electron chi connectivity index (χ1n) is 5.52. The number of rotatable bonds is 4. The molecule has 1 nitrogen and oxygen atoms in total. The van der Waals surface area contributed by atoms with Crippen LogP contribution in [0.1, 0.15) is 46.5 Å². The van der Waals surface area contributed by atoms with E-state index in [1.165, 1.54) is 38.8 Å². The Morgan fingerprint density at radius 2 is 2.17 bits per heavy atom. The smallest absolute Gasteiger partial charge is 0.00981 e. The molecular weight excluding hydrogens is 146 g/mol. The molecule has 1 aliphatic heterocycles. The average Bonchev–Trinajstić information content (AvgIpc) is 2.51. The normalized spacial score (nSPS) is 27.8. The molecule has 0 amide bonds. The van der Waals surface area contributed by atoms with E-state index in [1.807, 2.05) is 0 Å². The molecule has 0 aromatic carbocycles. The highest BCUT2D eigenvalue weighted by Gasteiger charge is 2.23. The van der Waals surface area contributed by atoms with E-state index in [9.17, 15) is 0 Å². The van der Waals surface area contributed by atoms with Crippen molar-refractivity contribution in [1.82, 2.24) is 4.90 Å². The van der Waals surface area contributed by atoms with Crippen LogP contribution in [0.5, 0.6) is 0 Å². The zero-order chi connectivity index (χ0) is 8.97. The van der Waals surface area contributed by atoms with Crippen LogP contribution < -0.4 is 0 Å². The molecule has 1 heterocycles. The second-order valence-corrected chi connectivity index (χ2v) is 4.17. The zero-order valence-electron chi connectivity index (χ0n) is 8.84. The predicted molar refractivity (Wildman–Crippen MR) is 54.3 cm³/mol. The van der Waals surface area contributed by atoms with Crippen LogP contribution in [-0.2, 0) is 0 Å². The van der Waals surface area contributed by atoms with Gasteiger partial charge in [-0.2, -0.15) is 0 Å². The fraction of sp³-hybridized carbons (Fsp3) is 1.00. The molecule has 72 valence electrons. The quantitative estimate of drug-likeness (QED) is 0.625. The molecule has 1 aliphatic rings. The van der Waals surface area contributed by atoms with Crippen molar-refractivity contribution >= 4 is 0 Å². The van der Waals surface area contributed by atoms with Crippen molar-refractivity contribution < 1.29 is 0 Å². The van der Waals surface area contributed by atoms with Gasteiger partial charge in [0.15, 0.2) is 0 Å². The van der Waals surface area contributed by atoms with Gasteiger partial charge in [0.1, 0.15) is 0 Å². The maximum absolute atomic E-state index is 2.64. The fourth-order valence-corrected chi connectivity index (χ4v) is 2.21. The Labute approximate surface area is 77.1 Å². The largest absolute Gasteiger partial charge is 0.301 e. The molecule has 0 bridgehead atoms. The van der Waals surface area contributed by atoms with E-state index in [0.717, 1.165) is 12.0 Å². The van der Waals surface area contributed by atoms with Gasteiger partial charge in [-0.3, -0.25) is 0 Å². The molecule has 1 heteroatoms. The monoisotopic (exact) mass is 169 g/mol. The molecule has 1 rings (SSSR count). The van der Waals surface area contributed by atoms with Crippen LogP contribution in [0.25, 0.3) is 0 Å². The third kappa shape index (κ3) is 2.48. The summed E-state index contributed by atoms with van der Waals surface area (Å²) in [5.74, 6) is 0.919.